The molecule has 0 aromatic carbocycles. The van der Waals surface area contributed by atoms with Gasteiger partial charge < -0.3 is 9.73 Å². The van der Waals surface area contributed by atoms with Gasteiger partial charge in [-0.15, -0.1) is 0 Å². The number of carbonyl (C=O) groups excluding carboxylic acids is 1. The molecule has 0 saturated heterocycles. The standard InChI is InChI=1S/C21H32N2O2/c1-16(24)23-21-13-20(14-21,15-21)19-22-12-18(25-19)17-10-8-6-4-2-3-5-7-9-11-17/h12,17H,2-11,13-15H2,1H3,(H,23,24). The lowest BCUT2D eigenvalue weighted by molar-refractivity contribution is -0.139. The molecule has 4 aliphatic rings. The van der Waals surface area contributed by atoms with Crippen LogP contribution in [0.15, 0.2) is 10.6 Å². The molecule has 0 unspecified atom stereocenters. The molecule has 4 fully saturated rings. The van der Waals surface area contributed by atoms with Crippen LogP contribution in [0.25, 0.3) is 0 Å². The summed E-state index contributed by atoms with van der Waals surface area (Å²) in [5, 5.41) is 3.11. The third kappa shape index (κ3) is 3.37. The number of hydrogen-bond donors (Lipinski definition) is 1. The largest absolute Gasteiger partial charge is 0.445 e. The Kier molecular flexibility index (Phi) is 4.63. The molecular weight excluding hydrogens is 312 g/mol. The molecule has 0 atom stereocenters. The SMILES string of the molecule is CC(=O)NC12CC(c3ncc(C4CCCCCCCCCC4)o3)(C1)C2. The molecule has 0 spiro atoms. The zero-order valence-corrected chi connectivity index (χ0v) is 15.6. The Labute approximate surface area is 151 Å². The summed E-state index contributed by atoms with van der Waals surface area (Å²) < 4.78 is 6.29. The zero-order valence-electron chi connectivity index (χ0n) is 15.6. The van der Waals surface area contributed by atoms with Gasteiger partial charge in [-0.25, -0.2) is 4.98 Å². The van der Waals surface area contributed by atoms with Gasteiger partial charge in [-0.1, -0.05) is 51.4 Å². The first-order valence-electron chi connectivity index (χ1n) is 10.4. The predicted octanol–water partition coefficient (Wildman–Crippen LogP) is 4.98. The Morgan fingerprint density at radius 3 is 2.16 bits per heavy atom. The number of aromatic nitrogens is 1. The van der Waals surface area contributed by atoms with E-state index in [0.717, 1.165) is 30.9 Å². The van der Waals surface area contributed by atoms with Gasteiger partial charge in [0, 0.05) is 18.4 Å². The van der Waals surface area contributed by atoms with E-state index in [1.54, 1.807) is 6.92 Å². The Hall–Kier alpha value is -1.32. The Morgan fingerprint density at radius 1 is 1.04 bits per heavy atom. The van der Waals surface area contributed by atoms with Gasteiger partial charge in [0.25, 0.3) is 0 Å². The Bertz CT molecular complexity index is 589. The van der Waals surface area contributed by atoms with E-state index in [-0.39, 0.29) is 16.9 Å². The Morgan fingerprint density at radius 2 is 1.60 bits per heavy atom. The van der Waals surface area contributed by atoms with Crippen molar-refractivity contribution in [2.45, 2.75) is 107 Å². The summed E-state index contributed by atoms with van der Waals surface area (Å²) in [6.45, 7) is 1.61. The fraction of sp³-hybridized carbons (Fsp3) is 0.810. The van der Waals surface area contributed by atoms with Crippen molar-refractivity contribution in [3.63, 3.8) is 0 Å². The zero-order chi connectivity index (χ0) is 17.3. The maximum absolute atomic E-state index is 11.3. The molecule has 1 heterocycles. The summed E-state index contributed by atoms with van der Waals surface area (Å²) in [6.07, 6.45) is 18.5. The van der Waals surface area contributed by atoms with Crippen LogP contribution in [-0.2, 0) is 10.2 Å². The highest BCUT2D eigenvalue weighted by Gasteiger charge is 2.71. The monoisotopic (exact) mass is 344 g/mol. The van der Waals surface area contributed by atoms with Crippen molar-refractivity contribution in [3.8, 4) is 0 Å². The predicted molar refractivity (Wildman–Crippen MR) is 97.5 cm³/mol. The van der Waals surface area contributed by atoms with Gasteiger partial charge in [0.05, 0.1) is 11.6 Å². The lowest BCUT2D eigenvalue weighted by Gasteiger charge is -2.68. The number of amides is 1. The Balaban J connectivity index is 1.38. The fourth-order valence-corrected chi connectivity index (χ4v) is 5.51. The smallest absolute Gasteiger partial charge is 0.217 e. The van der Waals surface area contributed by atoms with Crippen molar-refractivity contribution >= 4 is 5.91 Å². The fourth-order valence-electron chi connectivity index (χ4n) is 5.51. The van der Waals surface area contributed by atoms with E-state index >= 15 is 0 Å². The second-order valence-electron chi connectivity index (χ2n) is 8.94. The van der Waals surface area contributed by atoms with Crippen LogP contribution in [0.2, 0.25) is 0 Å². The lowest BCUT2D eigenvalue weighted by atomic mass is 9.39. The second kappa shape index (κ2) is 6.77. The van der Waals surface area contributed by atoms with Gasteiger partial charge in [0.15, 0.2) is 0 Å². The van der Waals surface area contributed by atoms with Crippen molar-refractivity contribution in [2.24, 2.45) is 0 Å². The van der Waals surface area contributed by atoms with Gasteiger partial charge in [0.1, 0.15) is 5.76 Å². The van der Waals surface area contributed by atoms with E-state index < -0.39 is 0 Å². The van der Waals surface area contributed by atoms with Crippen LogP contribution in [0.3, 0.4) is 0 Å². The summed E-state index contributed by atoms with van der Waals surface area (Å²) in [4.78, 5) is 16.0. The van der Waals surface area contributed by atoms with Crippen LogP contribution in [0, 0.1) is 0 Å². The van der Waals surface area contributed by atoms with Crippen LogP contribution in [-0.4, -0.2) is 16.4 Å². The molecule has 0 aliphatic heterocycles. The third-order valence-corrected chi connectivity index (χ3v) is 6.71. The van der Waals surface area contributed by atoms with Gasteiger partial charge in [-0.05, 0) is 32.1 Å². The van der Waals surface area contributed by atoms with Gasteiger partial charge in [0.2, 0.25) is 11.8 Å². The molecule has 1 aromatic heterocycles. The van der Waals surface area contributed by atoms with Gasteiger partial charge in [-0.3, -0.25) is 4.79 Å². The van der Waals surface area contributed by atoms with E-state index in [9.17, 15) is 4.79 Å². The number of nitrogens with zero attached hydrogens (tertiary/aromatic N) is 1. The maximum atomic E-state index is 11.3. The summed E-state index contributed by atoms with van der Waals surface area (Å²) in [5.74, 6) is 2.69. The minimum absolute atomic E-state index is 0.0507. The van der Waals surface area contributed by atoms with E-state index in [1.165, 1.54) is 64.2 Å². The first-order valence-corrected chi connectivity index (χ1v) is 10.4. The first kappa shape index (κ1) is 17.1. The molecule has 138 valence electrons. The molecule has 4 nitrogen and oxygen atoms in total. The minimum Gasteiger partial charge on any atom is -0.445 e. The van der Waals surface area contributed by atoms with Crippen LogP contribution < -0.4 is 5.32 Å². The molecule has 0 radical (unpaired) electrons. The second-order valence-corrected chi connectivity index (χ2v) is 8.94. The average molecular weight is 344 g/mol. The average Bonchev–Trinajstić information content (AvgIpc) is 2.95. The highest BCUT2D eigenvalue weighted by atomic mass is 16.4. The highest BCUT2D eigenvalue weighted by Crippen LogP contribution is 2.67. The van der Waals surface area contributed by atoms with Crippen LogP contribution in [0.4, 0.5) is 0 Å². The normalized spacial score (nSPS) is 33.6. The molecule has 1 N–H and O–H groups in total. The van der Waals surface area contributed by atoms with E-state index in [4.69, 9.17) is 4.42 Å². The van der Waals surface area contributed by atoms with E-state index in [0.29, 0.717) is 5.92 Å². The summed E-state index contributed by atoms with van der Waals surface area (Å²) in [7, 11) is 0. The molecular formula is C21H32N2O2. The number of oxazole rings is 1. The first-order chi connectivity index (χ1) is 12.1. The van der Waals surface area contributed by atoms with Crippen LogP contribution >= 0.6 is 0 Å². The molecule has 2 bridgehead atoms. The highest BCUT2D eigenvalue weighted by molar-refractivity contribution is 5.75. The number of carbonyl (C=O) groups is 1. The lowest BCUT2D eigenvalue weighted by Crippen LogP contribution is -2.76. The number of hydrogen-bond acceptors (Lipinski definition) is 3. The molecule has 25 heavy (non-hydrogen) atoms. The van der Waals surface area contributed by atoms with Crippen molar-refractivity contribution in [2.75, 3.05) is 0 Å². The topological polar surface area (TPSA) is 55.1 Å². The third-order valence-electron chi connectivity index (χ3n) is 6.71. The van der Waals surface area contributed by atoms with Crippen LogP contribution in [0.1, 0.15) is 108 Å². The van der Waals surface area contributed by atoms with Crippen molar-refractivity contribution in [3.05, 3.63) is 17.8 Å². The van der Waals surface area contributed by atoms with E-state index in [2.05, 4.69) is 10.3 Å². The quantitative estimate of drug-likeness (QED) is 0.841. The molecule has 4 saturated carbocycles. The van der Waals surface area contributed by atoms with Crippen molar-refractivity contribution < 1.29 is 9.21 Å². The number of nitrogens with one attached hydrogen (secondary N) is 1. The summed E-state index contributed by atoms with van der Waals surface area (Å²) in [5.41, 5.74) is 0.170. The summed E-state index contributed by atoms with van der Waals surface area (Å²) in [6, 6.07) is 0. The van der Waals surface area contributed by atoms with Crippen molar-refractivity contribution in [1.29, 1.82) is 0 Å². The molecule has 4 aliphatic carbocycles. The van der Waals surface area contributed by atoms with E-state index in [1.807, 2.05) is 6.20 Å². The van der Waals surface area contributed by atoms with Gasteiger partial charge >= 0.3 is 0 Å². The molecule has 4 heteroatoms. The van der Waals surface area contributed by atoms with Crippen molar-refractivity contribution in [1.82, 2.24) is 10.3 Å². The van der Waals surface area contributed by atoms with Crippen LogP contribution in [0.5, 0.6) is 0 Å². The minimum atomic E-state index is 0.0507. The number of rotatable bonds is 3. The molecule has 1 aromatic rings. The maximum Gasteiger partial charge on any atom is 0.217 e. The van der Waals surface area contributed by atoms with Gasteiger partial charge in [-0.2, -0.15) is 0 Å². The molecule has 5 rings (SSSR count). The summed E-state index contributed by atoms with van der Waals surface area (Å²) >= 11 is 0. The molecule has 1 amide bonds.